The number of aromatic nitrogens is 7. The number of rotatable bonds is 5. The summed E-state index contributed by atoms with van der Waals surface area (Å²) < 4.78 is 9.09. The van der Waals surface area contributed by atoms with Gasteiger partial charge in [0, 0.05) is 30.5 Å². The summed E-state index contributed by atoms with van der Waals surface area (Å²) in [5, 5.41) is 8.25. The lowest BCUT2D eigenvalue weighted by molar-refractivity contribution is 0.0938. The Bertz CT molecular complexity index is 2130. The molecule has 204 valence electrons. The molecule has 0 radical (unpaired) electrons. The molecule has 0 aliphatic heterocycles. The largest absolute Gasteiger partial charge is 0.446 e. The molecule has 0 bridgehead atoms. The first-order chi connectivity index (χ1) is 20.6. The van der Waals surface area contributed by atoms with Gasteiger partial charge in [0.15, 0.2) is 17.3 Å². The number of nitrogens with zero attached hydrogens (tertiary/aromatic N) is 7. The van der Waals surface area contributed by atoms with Gasteiger partial charge in [-0.1, -0.05) is 6.07 Å². The Hall–Kier alpha value is -5.84. The molecule has 11 heteroatoms. The number of furan rings is 1. The third-order valence-electron chi connectivity index (χ3n) is 7.69. The first-order valence-corrected chi connectivity index (χ1v) is 13.5. The number of nitrogen functional groups attached to an aromatic ring is 1. The predicted molar refractivity (Wildman–Crippen MR) is 156 cm³/mol. The van der Waals surface area contributed by atoms with Crippen LogP contribution < -0.4 is 11.1 Å². The maximum atomic E-state index is 13.3. The third-order valence-corrected chi connectivity index (χ3v) is 7.69. The summed E-state index contributed by atoms with van der Waals surface area (Å²) in [6, 6.07) is 19.0. The monoisotopic (exact) mass is 553 g/mol. The van der Waals surface area contributed by atoms with Crippen LogP contribution in [-0.2, 0) is 6.42 Å². The molecule has 1 atom stereocenters. The van der Waals surface area contributed by atoms with Crippen LogP contribution in [-0.4, -0.2) is 40.2 Å². The van der Waals surface area contributed by atoms with Crippen molar-refractivity contribution in [3.05, 3.63) is 108 Å². The highest BCUT2D eigenvalue weighted by Crippen LogP contribution is 2.36. The van der Waals surface area contributed by atoms with Crippen LogP contribution in [0.25, 0.3) is 45.2 Å². The molecule has 0 saturated heterocycles. The maximum Gasteiger partial charge on any atom is 0.252 e. The Kier molecular flexibility index (Phi) is 5.36. The maximum absolute atomic E-state index is 13.3. The number of fused-ring (bicyclic) bond motifs is 3. The summed E-state index contributed by atoms with van der Waals surface area (Å²) >= 11 is 0. The minimum Gasteiger partial charge on any atom is -0.446 e. The number of carbonyl (C=O) groups excluding carboxylic acids is 1. The van der Waals surface area contributed by atoms with Crippen molar-refractivity contribution in [1.82, 2.24) is 39.6 Å². The number of hydrogen-bond acceptors (Lipinski definition) is 8. The summed E-state index contributed by atoms with van der Waals surface area (Å²) in [5.74, 6) is 1.54. The molecule has 11 nitrogen and oxygen atoms in total. The minimum absolute atomic E-state index is 0.117. The van der Waals surface area contributed by atoms with Gasteiger partial charge in [-0.15, -0.1) is 0 Å². The Morgan fingerprint density at radius 2 is 1.95 bits per heavy atom. The van der Waals surface area contributed by atoms with Crippen LogP contribution >= 0.6 is 0 Å². The van der Waals surface area contributed by atoms with Crippen LogP contribution in [0.1, 0.15) is 33.9 Å². The van der Waals surface area contributed by atoms with Gasteiger partial charge in [0.05, 0.1) is 28.8 Å². The molecule has 42 heavy (non-hydrogen) atoms. The van der Waals surface area contributed by atoms with Crippen LogP contribution in [0.15, 0.2) is 96.1 Å². The van der Waals surface area contributed by atoms with Crippen molar-refractivity contribution in [3.8, 4) is 22.9 Å². The number of nitrogens with one attached hydrogen (secondary N) is 1. The van der Waals surface area contributed by atoms with Crippen molar-refractivity contribution in [2.75, 3.05) is 5.73 Å². The van der Waals surface area contributed by atoms with E-state index in [9.17, 15) is 4.79 Å². The van der Waals surface area contributed by atoms with Crippen molar-refractivity contribution in [3.63, 3.8) is 0 Å². The Balaban J connectivity index is 1.20. The molecule has 1 amide bonds. The molecule has 7 aromatic rings. The van der Waals surface area contributed by atoms with Gasteiger partial charge < -0.3 is 15.5 Å². The van der Waals surface area contributed by atoms with E-state index in [2.05, 4.69) is 32.5 Å². The van der Waals surface area contributed by atoms with Crippen molar-refractivity contribution in [2.45, 2.75) is 18.9 Å². The van der Waals surface area contributed by atoms with Crippen LogP contribution in [0.3, 0.4) is 0 Å². The number of anilines is 1. The van der Waals surface area contributed by atoms with Gasteiger partial charge >= 0.3 is 0 Å². The highest BCUT2D eigenvalue weighted by atomic mass is 16.3. The van der Waals surface area contributed by atoms with E-state index >= 15 is 0 Å². The first kappa shape index (κ1) is 24.0. The van der Waals surface area contributed by atoms with Crippen molar-refractivity contribution < 1.29 is 9.21 Å². The van der Waals surface area contributed by atoms with Crippen LogP contribution in [0.4, 0.5) is 5.82 Å². The number of imidazole rings is 1. The SMILES string of the molecule is Nc1ncccc1-c1nc2ccc(-n3cccn3)nc2n1-c1ccc2c(c1)CC[C@@H]2NC(=O)c1ccnc2occc12. The Labute approximate surface area is 238 Å². The van der Waals surface area contributed by atoms with Gasteiger partial charge in [0.25, 0.3) is 5.91 Å². The van der Waals surface area contributed by atoms with E-state index in [4.69, 9.17) is 20.1 Å². The molecule has 1 aliphatic carbocycles. The minimum atomic E-state index is -0.156. The number of carbonyl (C=O) groups is 1. The molecule has 6 aromatic heterocycles. The zero-order valence-electron chi connectivity index (χ0n) is 22.2. The predicted octanol–water partition coefficient (Wildman–Crippen LogP) is 4.81. The highest BCUT2D eigenvalue weighted by molar-refractivity contribution is 6.05. The highest BCUT2D eigenvalue weighted by Gasteiger charge is 2.27. The molecule has 6 heterocycles. The number of nitrogens with two attached hydrogens (primary N) is 1. The van der Waals surface area contributed by atoms with Crippen molar-refractivity contribution in [2.24, 2.45) is 0 Å². The third kappa shape index (κ3) is 3.82. The normalized spacial score (nSPS) is 14.4. The van der Waals surface area contributed by atoms with Crippen LogP contribution in [0.5, 0.6) is 0 Å². The fraction of sp³-hybridized carbons (Fsp3) is 0.0968. The topological polar surface area (TPSA) is 143 Å². The van der Waals surface area contributed by atoms with Gasteiger partial charge in [-0.3, -0.25) is 9.36 Å². The van der Waals surface area contributed by atoms with Gasteiger partial charge in [-0.2, -0.15) is 5.10 Å². The van der Waals surface area contributed by atoms with Crippen LogP contribution in [0, 0.1) is 0 Å². The molecule has 8 rings (SSSR count). The molecule has 1 aromatic carbocycles. The number of hydrogen-bond donors (Lipinski definition) is 2. The zero-order valence-corrected chi connectivity index (χ0v) is 22.2. The van der Waals surface area contributed by atoms with E-state index in [1.807, 2.05) is 47.2 Å². The summed E-state index contributed by atoms with van der Waals surface area (Å²) in [5.41, 5.74) is 12.5. The summed E-state index contributed by atoms with van der Waals surface area (Å²) in [6.45, 7) is 0. The lowest BCUT2D eigenvalue weighted by Gasteiger charge is -2.16. The summed E-state index contributed by atoms with van der Waals surface area (Å²) in [7, 11) is 0. The Morgan fingerprint density at radius 3 is 2.83 bits per heavy atom. The van der Waals surface area contributed by atoms with Gasteiger partial charge in [0.2, 0.25) is 5.71 Å². The second-order valence-electron chi connectivity index (χ2n) is 10.1. The molecule has 0 unspecified atom stereocenters. The molecule has 0 spiro atoms. The van der Waals surface area contributed by atoms with Gasteiger partial charge in [-0.25, -0.2) is 24.6 Å². The average molecular weight is 554 g/mol. The summed E-state index contributed by atoms with van der Waals surface area (Å²) in [4.78, 5) is 31.6. The fourth-order valence-corrected chi connectivity index (χ4v) is 5.71. The first-order valence-electron chi connectivity index (χ1n) is 13.5. The summed E-state index contributed by atoms with van der Waals surface area (Å²) in [6.07, 6.45) is 9.96. The molecule has 3 N–H and O–H groups in total. The quantitative estimate of drug-likeness (QED) is 0.309. The second kappa shape index (κ2) is 9.37. The molecule has 0 fully saturated rings. The lowest BCUT2D eigenvalue weighted by atomic mass is 10.1. The lowest BCUT2D eigenvalue weighted by Crippen LogP contribution is -2.27. The van der Waals surface area contributed by atoms with Gasteiger partial charge in [-0.05, 0) is 78.6 Å². The van der Waals surface area contributed by atoms with Crippen molar-refractivity contribution in [1.29, 1.82) is 0 Å². The Morgan fingerprint density at radius 1 is 1.00 bits per heavy atom. The van der Waals surface area contributed by atoms with E-state index in [1.165, 1.54) is 0 Å². The number of benzene rings is 1. The van der Waals surface area contributed by atoms with E-state index in [-0.39, 0.29) is 11.9 Å². The smallest absolute Gasteiger partial charge is 0.252 e. The van der Waals surface area contributed by atoms with Crippen LogP contribution in [0.2, 0.25) is 0 Å². The molecule has 0 saturated carbocycles. The average Bonchev–Trinajstić information content (AvgIpc) is 3.83. The second-order valence-corrected chi connectivity index (χ2v) is 10.1. The fourth-order valence-electron chi connectivity index (χ4n) is 5.71. The van der Waals surface area contributed by atoms with Crippen molar-refractivity contribution >= 4 is 34.0 Å². The number of aryl methyl sites for hydroxylation is 1. The number of pyridine rings is 3. The molecular weight excluding hydrogens is 530 g/mol. The van der Waals surface area contributed by atoms with E-state index in [0.29, 0.717) is 45.3 Å². The standard InChI is InChI=1S/C31H23N9O2/c32-27-23(3-1-12-33-27)28-36-25-8-9-26(39-15-2-13-35-39)38-29(25)40(28)19-5-6-20-18(17-19)4-7-24(20)37-30(41)21-10-14-34-31-22(21)11-16-42-31/h1-3,5-6,8-17,24H,4,7H2,(H2,32,33)(H,37,41)/t24-/m0/s1. The van der Waals surface area contributed by atoms with E-state index in [1.54, 1.807) is 41.7 Å². The number of amides is 1. The van der Waals surface area contributed by atoms with E-state index in [0.717, 1.165) is 35.2 Å². The van der Waals surface area contributed by atoms with E-state index < -0.39 is 0 Å². The zero-order chi connectivity index (χ0) is 28.2. The molecular formula is C31H23N9O2. The van der Waals surface area contributed by atoms with Gasteiger partial charge in [0.1, 0.15) is 11.3 Å². The molecule has 1 aliphatic rings.